The summed E-state index contributed by atoms with van der Waals surface area (Å²) in [6.07, 6.45) is 1.93. The third kappa shape index (κ3) is 5.72. The third-order valence-corrected chi connectivity index (χ3v) is 2.79. The molecule has 1 heterocycles. The average molecular weight is 270 g/mol. The van der Waals surface area contributed by atoms with Gasteiger partial charge in [0.2, 0.25) is 5.91 Å². The number of alkyl carbamates (subject to hydrolysis) is 1. The molecule has 0 aromatic heterocycles. The molecular formula is C13H22N2O4. The number of carbonyl (C=O) groups excluding carboxylic acids is 3. The first-order chi connectivity index (χ1) is 8.81. The number of piperidine rings is 1. The molecule has 0 saturated carbocycles. The van der Waals surface area contributed by atoms with E-state index in [1.165, 1.54) is 0 Å². The largest absolute Gasteiger partial charge is 0.444 e. The van der Waals surface area contributed by atoms with Crippen molar-refractivity contribution in [1.29, 1.82) is 0 Å². The fourth-order valence-corrected chi connectivity index (χ4v) is 1.92. The van der Waals surface area contributed by atoms with Gasteiger partial charge in [0.1, 0.15) is 18.4 Å². The van der Waals surface area contributed by atoms with Gasteiger partial charge in [-0.05, 0) is 33.6 Å². The normalized spacial score (nSPS) is 19.7. The fraction of sp³-hybridized carbons (Fsp3) is 0.769. The SMILES string of the molecule is CC(C)(C)OC(=O)NCC(=O)N1CCCC(C=O)C1. The highest BCUT2D eigenvalue weighted by Gasteiger charge is 2.24. The van der Waals surface area contributed by atoms with E-state index in [1.54, 1.807) is 25.7 Å². The number of hydrogen-bond acceptors (Lipinski definition) is 4. The minimum Gasteiger partial charge on any atom is -0.444 e. The minimum atomic E-state index is -0.607. The highest BCUT2D eigenvalue weighted by molar-refractivity contribution is 5.82. The van der Waals surface area contributed by atoms with E-state index in [-0.39, 0.29) is 18.4 Å². The van der Waals surface area contributed by atoms with Gasteiger partial charge in [0.05, 0.1) is 0 Å². The standard InChI is InChI=1S/C13H22N2O4/c1-13(2,3)19-12(18)14-7-11(17)15-6-4-5-10(8-15)9-16/h9-10H,4-8H2,1-3H3,(H,14,18). The van der Waals surface area contributed by atoms with E-state index in [2.05, 4.69) is 5.32 Å². The molecule has 6 heteroatoms. The fourth-order valence-electron chi connectivity index (χ4n) is 1.92. The summed E-state index contributed by atoms with van der Waals surface area (Å²) in [4.78, 5) is 35.6. The Morgan fingerprint density at radius 1 is 1.42 bits per heavy atom. The lowest BCUT2D eigenvalue weighted by molar-refractivity contribution is -0.132. The molecule has 0 radical (unpaired) electrons. The maximum Gasteiger partial charge on any atom is 0.408 e. The smallest absolute Gasteiger partial charge is 0.408 e. The lowest BCUT2D eigenvalue weighted by Gasteiger charge is -2.30. The van der Waals surface area contributed by atoms with Crippen LogP contribution in [0, 0.1) is 5.92 Å². The number of likely N-dealkylation sites (tertiary alicyclic amines) is 1. The molecule has 1 fully saturated rings. The van der Waals surface area contributed by atoms with Crippen LogP contribution in [0.15, 0.2) is 0 Å². The average Bonchev–Trinajstić information content (AvgIpc) is 2.34. The predicted molar refractivity (Wildman–Crippen MR) is 69.6 cm³/mol. The van der Waals surface area contributed by atoms with Crippen molar-refractivity contribution in [2.24, 2.45) is 5.92 Å². The van der Waals surface area contributed by atoms with Crippen LogP contribution in [0.1, 0.15) is 33.6 Å². The van der Waals surface area contributed by atoms with Gasteiger partial charge in [0.25, 0.3) is 0 Å². The summed E-state index contributed by atoms with van der Waals surface area (Å²) in [7, 11) is 0. The summed E-state index contributed by atoms with van der Waals surface area (Å²) in [6.45, 7) is 6.26. The van der Waals surface area contributed by atoms with Gasteiger partial charge in [-0.3, -0.25) is 4.79 Å². The molecule has 1 rings (SSSR count). The summed E-state index contributed by atoms with van der Waals surface area (Å²) < 4.78 is 5.04. The van der Waals surface area contributed by atoms with Crippen LogP contribution in [0.5, 0.6) is 0 Å². The van der Waals surface area contributed by atoms with Crippen LogP contribution in [0.25, 0.3) is 0 Å². The molecule has 0 aromatic rings. The molecule has 0 aromatic carbocycles. The first-order valence-electron chi connectivity index (χ1n) is 6.52. The van der Waals surface area contributed by atoms with Gasteiger partial charge in [-0.2, -0.15) is 0 Å². The van der Waals surface area contributed by atoms with Crippen molar-refractivity contribution in [2.45, 2.75) is 39.2 Å². The predicted octanol–water partition coefficient (Wildman–Crippen LogP) is 0.949. The van der Waals surface area contributed by atoms with Crippen molar-refractivity contribution in [2.75, 3.05) is 19.6 Å². The van der Waals surface area contributed by atoms with Crippen LogP contribution in [0.3, 0.4) is 0 Å². The number of rotatable bonds is 3. The molecule has 0 bridgehead atoms. The van der Waals surface area contributed by atoms with Crippen LogP contribution >= 0.6 is 0 Å². The molecule has 1 saturated heterocycles. The summed E-state index contributed by atoms with van der Waals surface area (Å²) in [5, 5.41) is 2.43. The summed E-state index contributed by atoms with van der Waals surface area (Å²) >= 11 is 0. The van der Waals surface area contributed by atoms with Gasteiger partial charge in [-0.25, -0.2) is 4.79 Å². The topological polar surface area (TPSA) is 75.7 Å². The third-order valence-electron chi connectivity index (χ3n) is 2.79. The zero-order chi connectivity index (χ0) is 14.5. The second-order valence-corrected chi connectivity index (χ2v) is 5.73. The van der Waals surface area contributed by atoms with Gasteiger partial charge in [0, 0.05) is 19.0 Å². The molecule has 6 nitrogen and oxygen atoms in total. The lowest BCUT2D eigenvalue weighted by Crippen LogP contribution is -2.46. The van der Waals surface area contributed by atoms with Crippen molar-refractivity contribution < 1.29 is 19.1 Å². The second kappa shape index (κ2) is 6.54. The Hall–Kier alpha value is -1.59. The molecule has 1 unspecified atom stereocenters. The molecule has 108 valence electrons. The minimum absolute atomic E-state index is 0.0840. The Morgan fingerprint density at radius 2 is 2.11 bits per heavy atom. The maximum absolute atomic E-state index is 11.9. The zero-order valence-electron chi connectivity index (χ0n) is 11.8. The van der Waals surface area contributed by atoms with Gasteiger partial charge in [-0.1, -0.05) is 0 Å². The van der Waals surface area contributed by atoms with E-state index in [1.807, 2.05) is 0 Å². The number of hydrogen-bond donors (Lipinski definition) is 1. The summed E-state index contributed by atoms with van der Waals surface area (Å²) in [6, 6.07) is 0. The van der Waals surface area contributed by atoms with Gasteiger partial charge in [-0.15, -0.1) is 0 Å². The summed E-state index contributed by atoms with van der Waals surface area (Å²) in [5.74, 6) is -0.267. The highest BCUT2D eigenvalue weighted by Crippen LogP contribution is 2.14. The molecule has 1 N–H and O–H groups in total. The van der Waals surface area contributed by atoms with Crippen LogP contribution in [-0.2, 0) is 14.3 Å². The number of amides is 2. The van der Waals surface area contributed by atoms with Crippen molar-refractivity contribution in [3.63, 3.8) is 0 Å². The molecule has 1 atom stereocenters. The quantitative estimate of drug-likeness (QED) is 0.775. The number of ether oxygens (including phenoxy) is 1. The molecule has 19 heavy (non-hydrogen) atoms. The first kappa shape index (κ1) is 15.5. The first-order valence-corrected chi connectivity index (χ1v) is 6.52. The van der Waals surface area contributed by atoms with Crippen LogP contribution < -0.4 is 5.32 Å². The monoisotopic (exact) mass is 270 g/mol. The number of aldehydes is 1. The molecular weight excluding hydrogens is 248 g/mol. The van der Waals surface area contributed by atoms with Gasteiger partial charge >= 0.3 is 6.09 Å². The lowest BCUT2D eigenvalue weighted by atomic mass is 10.00. The van der Waals surface area contributed by atoms with Crippen molar-refractivity contribution >= 4 is 18.3 Å². The van der Waals surface area contributed by atoms with Gasteiger partial charge < -0.3 is 19.7 Å². The van der Waals surface area contributed by atoms with Crippen LogP contribution in [0.4, 0.5) is 4.79 Å². The summed E-state index contributed by atoms with van der Waals surface area (Å²) in [5.41, 5.74) is -0.582. The van der Waals surface area contributed by atoms with Gasteiger partial charge in [0.15, 0.2) is 0 Å². The maximum atomic E-state index is 11.9. The van der Waals surface area contributed by atoms with Crippen molar-refractivity contribution in [3.8, 4) is 0 Å². The van der Waals surface area contributed by atoms with E-state index in [0.29, 0.717) is 13.1 Å². The Bertz CT molecular complexity index is 349. The molecule has 1 aliphatic heterocycles. The molecule has 1 aliphatic rings. The molecule has 0 aliphatic carbocycles. The van der Waals surface area contributed by atoms with E-state index in [0.717, 1.165) is 19.1 Å². The highest BCUT2D eigenvalue weighted by atomic mass is 16.6. The van der Waals surface area contributed by atoms with E-state index in [4.69, 9.17) is 4.74 Å². The van der Waals surface area contributed by atoms with Crippen LogP contribution in [0.2, 0.25) is 0 Å². The number of nitrogens with zero attached hydrogens (tertiary/aromatic N) is 1. The zero-order valence-corrected chi connectivity index (χ0v) is 11.8. The van der Waals surface area contributed by atoms with Crippen LogP contribution in [-0.4, -0.2) is 48.4 Å². The Labute approximate surface area is 113 Å². The van der Waals surface area contributed by atoms with Crippen molar-refractivity contribution in [3.05, 3.63) is 0 Å². The van der Waals surface area contributed by atoms with E-state index >= 15 is 0 Å². The number of nitrogens with one attached hydrogen (secondary N) is 1. The number of carbonyl (C=O) groups is 3. The molecule has 2 amide bonds. The Kier molecular flexibility index (Phi) is 5.32. The Morgan fingerprint density at radius 3 is 2.68 bits per heavy atom. The Balaban J connectivity index is 2.34. The molecule has 0 spiro atoms. The van der Waals surface area contributed by atoms with E-state index < -0.39 is 11.7 Å². The van der Waals surface area contributed by atoms with Crippen molar-refractivity contribution in [1.82, 2.24) is 10.2 Å². The van der Waals surface area contributed by atoms with E-state index in [9.17, 15) is 14.4 Å². The second-order valence-electron chi connectivity index (χ2n) is 5.73.